The molecule has 0 N–H and O–H groups in total. The van der Waals surface area contributed by atoms with Crippen LogP contribution in [0.2, 0.25) is 0 Å². The van der Waals surface area contributed by atoms with Gasteiger partial charge in [-0.2, -0.15) is 0 Å². The predicted octanol–water partition coefficient (Wildman–Crippen LogP) is 3.12. The minimum atomic E-state index is 0.819. The molecule has 2 nitrogen and oxygen atoms in total. The third-order valence-electron chi connectivity index (χ3n) is 1.28. The predicted molar refractivity (Wildman–Crippen MR) is 55.5 cm³/mol. The van der Waals surface area contributed by atoms with Gasteiger partial charge in [-0.1, -0.05) is 26.3 Å². The number of hydrogen-bond donors (Lipinski definition) is 0. The zero-order chi connectivity index (χ0) is 10.1. The third kappa shape index (κ3) is 5.12. The molecule has 0 radical (unpaired) electrons. The molecule has 0 aliphatic heterocycles. The molecule has 0 saturated carbocycles. The molecular weight excluding hydrogens is 164 g/mol. The van der Waals surface area contributed by atoms with E-state index in [9.17, 15) is 0 Å². The summed E-state index contributed by atoms with van der Waals surface area (Å²) in [7, 11) is 3.27. The first-order valence-electron chi connectivity index (χ1n) is 4.46. The molecule has 0 spiro atoms. The van der Waals surface area contributed by atoms with Crippen molar-refractivity contribution in [2.24, 2.45) is 0 Å². The fourth-order valence-corrected chi connectivity index (χ4v) is 0.728. The molecule has 0 unspecified atom stereocenters. The summed E-state index contributed by atoms with van der Waals surface area (Å²) >= 11 is 0. The minimum absolute atomic E-state index is 0.819. The number of benzene rings is 1. The second-order valence-corrected chi connectivity index (χ2v) is 2.59. The number of hydrogen-bond acceptors (Lipinski definition) is 2. The standard InChI is InChI=1S/C8H10O2.C3H8/c1-9-7-4-3-5-8(6-7)10-2;1-3-2/h3-6H,1-2H3;3H2,1-2H3. The van der Waals surface area contributed by atoms with E-state index in [-0.39, 0.29) is 0 Å². The molecule has 0 atom stereocenters. The Labute approximate surface area is 80.5 Å². The van der Waals surface area contributed by atoms with E-state index in [2.05, 4.69) is 13.8 Å². The fourth-order valence-electron chi connectivity index (χ4n) is 0.728. The van der Waals surface area contributed by atoms with Crippen molar-refractivity contribution in [2.75, 3.05) is 14.2 Å². The third-order valence-corrected chi connectivity index (χ3v) is 1.28. The molecule has 0 aromatic heterocycles. The molecule has 13 heavy (non-hydrogen) atoms. The van der Waals surface area contributed by atoms with E-state index in [1.807, 2.05) is 24.3 Å². The molecule has 0 amide bonds. The first-order valence-corrected chi connectivity index (χ1v) is 4.46. The number of methoxy groups -OCH3 is 2. The second-order valence-electron chi connectivity index (χ2n) is 2.59. The maximum Gasteiger partial charge on any atom is 0.122 e. The first kappa shape index (κ1) is 11.8. The summed E-state index contributed by atoms with van der Waals surface area (Å²) in [5, 5.41) is 0. The minimum Gasteiger partial charge on any atom is -0.497 e. The molecule has 1 aromatic rings. The van der Waals surface area contributed by atoms with Gasteiger partial charge in [-0.15, -0.1) is 0 Å². The van der Waals surface area contributed by atoms with Crippen LogP contribution in [0.15, 0.2) is 24.3 Å². The molecule has 74 valence electrons. The van der Waals surface area contributed by atoms with Crippen molar-refractivity contribution in [3.8, 4) is 11.5 Å². The second kappa shape index (κ2) is 7.47. The van der Waals surface area contributed by atoms with E-state index in [1.165, 1.54) is 6.42 Å². The Morgan fingerprint density at radius 2 is 1.38 bits per heavy atom. The molecule has 0 saturated heterocycles. The van der Waals surface area contributed by atoms with Gasteiger partial charge in [-0.25, -0.2) is 0 Å². The lowest BCUT2D eigenvalue weighted by molar-refractivity contribution is 0.394. The summed E-state index contributed by atoms with van der Waals surface area (Å²) in [4.78, 5) is 0. The van der Waals surface area contributed by atoms with Gasteiger partial charge in [-0.05, 0) is 12.1 Å². The highest BCUT2D eigenvalue weighted by Gasteiger charge is 1.91. The molecule has 1 rings (SSSR count). The molecule has 0 bridgehead atoms. The Bertz CT molecular complexity index is 202. The van der Waals surface area contributed by atoms with Gasteiger partial charge in [0, 0.05) is 6.07 Å². The Hall–Kier alpha value is -1.18. The quantitative estimate of drug-likeness (QED) is 0.699. The lowest BCUT2D eigenvalue weighted by Crippen LogP contribution is -1.84. The number of rotatable bonds is 2. The van der Waals surface area contributed by atoms with Crippen LogP contribution >= 0.6 is 0 Å². The zero-order valence-corrected chi connectivity index (χ0v) is 8.83. The van der Waals surface area contributed by atoms with Gasteiger partial charge in [0.05, 0.1) is 14.2 Å². The summed E-state index contributed by atoms with van der Waals surface area (Å²) in [6.45, 7) is 4.25. The van der Waals surface area contributed by atoms with E-state index in [0.717, 1.165) is 11.5 Å². The number of ether oxygens (including phenoxy) is 2. The van der Waals surface area contributed by atoms with Gasteiger partial charge in [0.25, 0.3) is 0 Å². The average molecular weight is 182 g/mol. The van der Waals surface area contributed by atoms with Gasteiger partial charge < -0.3 is 9.47 Å². The van der Waals surface area contributed by atoms with E-state index in [4.69, 9.17) is 9.47 Å². The van der Waals surface area contributed by atoms with Crippen molar-refractivity contribution >= 4 is 0 Å². The highest BCUT2D eigenvalue weighted by Crippen LogP contribution is 2.17. The van der Waals surface area contributed by atoms with Crippen LogP contribution in [-0.4, -0.2) is 14.2 Å². The first-order chi connectivity index (χ1) is 6.28. The van der Waals surface area contributed by atoms with Gasteiger partial charge in [0.2, 0.25) is 0 Å². The molecule has 0 aliphatic rings. The topological polar surface area (TPSA) is 18.5 Å². The molecular formula is C11H18O2. The Morgan fingerprint density at radius 3 is 1.69 bits per heavy atom. The molecule has 1 aromatic carbocycles. The van der Waals surface area contributed by atoms with Gasteiger partial charge in [-0.3, -0.25) is 0 Å². The van der Waals surface area contributed by atoms with Crippen molar-refractivity contribution < 1.29 is 9.47 Å². The van der Waals surface area contributed by atoms with Crippen molar-refractivity contribution in [1.82, 2.24) is 0 Å². The van der Waals surface area contributed by atoms with Crippen LogP contribution in [0.5, 0.6) is 11.5 Å². The summed E-state index contributed by atoms with van der Waals surface area (Å²) < 4.78 is 9.95. The van der Waals surface area contributed by atoms with Gasteiger partial charge in [0.1, 0.15) is 11.5 Å². The summed E-state index contributed by atoms with van der Waals surface area (Å²) in [5.41, 5.74) is 0. The van der Waals surface area contributed by atoms with Crippen LogP contribution in [0.1, 0.15) is 20.3 Å². The molecule has 0 heterocycles. The fraction of sp³-hybridized carbons (Fsp3) is 0.455. The van der Waals surface area contributed by atoms with Crippen molar-refractivity contribution in [3.63, 3.8) is 0 Å². The summed E-state index contributed by atoms with van der Waals surface area (Å²) in [6, 6.07) is 7.47. The monoisotopic (exact) mass is 182 g/mol. The SMILES string of the molecule is CCC.COc1cccc(OC)c1. The average Bonchev–Trinajstić information content (AvgIpc) is 2.19. The normalized spacial score (nSPS) is 8.31. The van der Waals surface area contributed by atoms with E-state index in [0.29, 0.717) is 0 Å². The van der Waals surface area contributed by atoms with Crippen LogP contribution in [0.25, 0.3) is 0 Å². The Kier molecular flexibility index (Phi) is 6.79. The maximum absolute atomic E-state index is 4.98. The molecule has 0 aliphatic carbocycles. The van der Waals surface area contributed by atoms with Gasteiger partial charge in [0.15, 0.2) is 0 Å². The molecule has 2 heteroatoms. The summed E-state index contributed by atoms with van der Waals surface area (Å²) in [6.07, 6.45) is 1.25. The highest BCUT2D eigenvalue weighted by molar-refractivity contribution is 5.32. The van der Waals surface area contributed by atoms with Crippen LogP contribution in [0, 0.1) is 0 Å². The molecule has 0 fully saturated rings. The lowest BCUT2D eigenvalue weighted by Gasteiger charge is -2.01. The maximum atomic E-state index is 4.98. The lowest BCUT2D eigenvalue weighted by atomic mass is 10.3. The summed E-state index contributed by atoms with van der Waals surface area (Å²) in [5.74, 6) is 1.64. The Morgan fingerprint density at radius 1 is 1.00 bits per heavy atom. The smallest absolute Gasteiger partial charge is 0.122 e. The van der Waals surface area contributed by atoms with E-state index >= 15 is 0 Å². The Balaban J connectivity index is 0.000000424. The van der Waals surface area contributed by atoms with Crippen molar-refractivity contribution in [2.45, 2.75) is 20.3 Å². The zero-order valence-electron chi connectivity index (χ0n) is 8.83. The highest BCUT2D eigenvalue weighted by atomic mass is 16.5. The van der Waals surface area contributed by atoms with Crippen molar-refractivity contribution in [3.05, 3.63) is 24.3 Å². The van der Waals surface area contributed by atoms with Crippen LogP contribution in [0.3, 0.4) is 0 Å². The van der Waals surface area contributed by atoms with Crippen molar-refractivity contribution in [1.29, 1.82) is 0 Å². The van der Waals surface area contributed by atoms with Crippen LogP contribution < -0.4 is 9.47 Å². The largest absolute Gasteiger partial charge is 0.497 e. The van der Waals surface area contributed by atoms with Gasteiger partial charge >= 0.3 is 0 Å². The van der Waals surface area contributed by atoms with Crippen LogP contribution in [-0.2, 0) is 0 Å². The van der Waals surface area contributed by atoms with E-state index < -0.39 is 0 Å². The van der Waals surface area contributed by atoms with Crippen LogP contribution in [0.4, 0.5) is 0 Å². The van der Waals surface area contributed by atoms with E-state index in [1.54, 1.807) is 14.2 Å².